The number of para-hydroxylation sites is 1. The first-order valence-corrected chi connectivity index (χ1v) is 7.21. The standard InChI is InChI=1S/C18H20N2O2/c19-18(21)16-10-4-5-11-17(16)22-14-13-20-12-6-9-15-7-2-1-3-8-15/h1-11,20H,12-14H2,(H2,19,21). The molecule has 114 valence electrons. The lowest BCUT2D eigenvalue weighted by atomic mass is 10.2. The van der Waals surface area contributed by atoms with Gasteiger partial charge in [-0.25, -0.2) is 0 Å². The molecular formula is C18H20N2O2. The fourth-order valence-corrected chi connectivity index (χ4v) is 1.97. The number of nitrogens with two attached hydrogens (primary N) is 1. The van der Waals surface area contributed by atoms with Crippen molar-refractivity contribution in [3.8, 4) is 5.75 Å². The van der Waals surface area contributed by atoms with Crippen molar-refractivity contribution in [1.29, 1.82) is 0 Å². The van der Waals surface area contributed by atoms with Crippen LogP contribution in [0.1, 0.15) is 15.9 Å². The number of rotatable bonds is 8. The maximum Gasteiger partial charge on any atom is 0.252 e. The van der Waals surface area contributed by atoms with Crippen molar-refractivity contribution < 1.29 is 9.53 Å². The monoisotopic (exact) mass is 296 g/mol. The van der Waals surface area contributed by atoms with E-state index in [0.29, 0.717) is 24.5 Å². The Balaban J connectivity index is 1.68. The quantitative estimate of drug-likeness (QED) is 0.736. The number of carbonyl (C=O) groups excluding carboxylic acids is 1. The Morgan fingerprint density at radius 3 is 2.59 bits per heavy atom. The maximum absolute atomic E-state index is 11.2. The second-order valence-corrected chi connectivity index (χ2v) is 4.73. The van der Waals surface area contributed by atoms with E-state index in [1.54, 1.807) is 18.2 Å². The van der Waals surface area contributed by atoms with E-state index in [9.17, 15) is 4.79 Å². The van der Waals surface area contributed by atoms with Crippen LogP contribution in [-0.4, -0.2) is 25.6 Å². The summed E-state index contributed by atoms with van der Waals surface area (Å²) in [5, 5.41) is 3.25. The molecule has 4 heteroatoms. The van der Waals surface area contributed by atoms with Crippen LogP contribution in [0.5, 0.6) is 5.75 Å². The molecule has 0 saturated heterocycles. The van der Waals surface area contributed by atoms with Crippen LogP contribution in [0.4, 0.5) is 0 Å². The average Bonchev–Trinajstić information content (AvgIpc) is 2.55. The topological polar surface area (TPSA) is 64.4 Å². The SMILES string of the molecule is NC(=O)c1ccccc1OCCNCC=Cc1ccccc1. The van der Waals surface area contributed by atoms with E-state index in [1.807, 2.05) is 24.3 Å². The summed E-state index contributed by atoms with van der Waals surface area (Å²) in [6.07, 6.45) is 4.13. The number of ether oxygens (including phenoxy) is 1. The van der Waals surface area contributed by atoms with Crippen LogP contribution in [0.2, 0.25) is 0 Å². The zero-order valence-corrected chi connectivity index (χ0v) is 12.4. The lowest BCUT2D eigenvalue weighted by Crippen LogP contribution is -2.22. The Labute approximate surface area is 130 Å². The molecule has 4 nitrogen and oxygen atoms in total. The van der Waals surface area contributed by atoms with E-state index in [4.69, 9.17) is 10.5 Å². The van der Waals surface area contributed by atoms with Crippen LogP contribution in [0, 0.1) is 0 Å². The summed E-state index contributed by atoms with van der Waals surface area (Å²) in [4.78, 5) is 11.2. The molecule has 0 saturated carbocycles. The van der Waals surface area contributed by atoms with Crippen LogP contribution < -0.4 is 15.8 Å². The summed E-state index contributed by atoms with van der Waals surface area (Å²) in [5.74, 6) is 0.0472. The molecule has 0 aliphatic rings. The molecule has 22 heavy (non-hydrogen) atoms. The van der Waals surface area contributed by atoms with Gasteiger partial charge in [-0.05, 0) is 17.7 Å². The van der Waals surface area contributed by atoms with Crippen molar-refractivity contribution in [3.63, 3.8) is 0 Å². The van der Waals surface area contributed by atoms with Crippen LogP contribution in [0.15, 0.2) is 60.7 Å². The summed E-state index contributed by atoms with van der Waals surface area (Å²) >= 11 is 0. The molecule has 0 heterocycles. The Morgan fingerprint density at radius 1 is 1.09 bits per heavy atom. The van der Waals surface area contributed by atoms with E-state index in [-0.39, 0.29) is 0 Å². The van der Waals surface area contributed by atoms with Gasteiger partial charge >= 0.3 is 0 Å². The van der Waals surface area contributed by atoms with Gasteiger partial charge in [-0.15, -0.1) is 0 Å². The van der Waals surface area contributed by atoms with Gasteiger partial charge in [0.25, 0.3) is 5.91 Å². The largest absolute Gasteiger partial charge is 0.491 e. The van der Waals surface area contributed by atoms with Gasteiger partial charge in [0.15, 0.2) is 0 Å². The maximum atomic E-state index is 11.2. The zero-order chi connectivity index (χ0) is 15.6. The number of hydrogen-bond acceptors (Lipinski definition) is 3. The molecule has 0 aliphatic carbocycles. The molecule has 0 radical (unpaired) electrons. The third-order valence-corrected chi connectivity index (χ3v) is 3.06. The highest BCUT2D eigenvalue weighted by Crippen LogP contribution is 2.16. The van der Waals surface area contributed by atoms with Gasteiger partial charge in [0.2, 0.25) is 0 Å². The fraction of sp³-hybridized carbons (Fsp3) is 0.167. The molecule has 0 aromatic heterocycles. The Bertz CT molecular complexity index is 624. The van der Waals surface area contributed by atoms with Crippen molar-refractivity contribution >= 4 is 12.0 Å². The molecular weight excluding hydrogens is 276 g/mol. The van der Waals surface area contributed by atoms with Gasteiger partial charge in [0.1, 0.15) is 12.4 Å². The highest BCUT2D eigenvalue weighted by Gasteiger charge is 2.07. The van der Waals surface area contributed by atoms with Gasteiger partial charge in [0, 0.05) is 13.1 Å². The molecule has 2 rings (SSSR count). The third-order valence-electron chi connectivity index (χ3n) is 3.06. The number of hydrogen-bond donors (Lipinski definition) is 2. The number of benzene rings is 2. The predicted molar refractivity (Wildman–Crippen MR) is 88.8 cm³/mol. The third kappa shape index (κ3) is 5.07. The first-order chi connectivity index (χ1) is 10.8. The summed E-state index contributed by atoms with van der Waals surface area (Å²) in [6.45, 7) is 1.92. The zero-order valence-electron chi connectivity index (χ0n) is 12.4. The van der Waals surface area contributed by atoms with E-state index in [2.05, 4.69) is 29.6 Å². The minimum atomic E-state index is -0.477. The number of carbonyl (C=O) groups is 1. The minimum absolute atomic E-state index is 0.409. The van der Waals surface area contributed by atoms with Crippen LogP contribution in [0.25, 0.3) is 6.08 Å². The summed E-state index contributed by atoms with van der Waals surface area (Å²) in [7, 11) is 0. The lowest BCUT2D eigenvalue weighted by molar-refractivity contribution is 0.0996. The molecule has 2 aromatic rings. The minimum Gasteiger partial charge on any atom is -0.491 e. The van der Waals surface area contributed by atoms with Crippen LogP contribution in [0.3, 0.4) is 0 Å². The summed E-state index contributed by atoms with van der Waals surface area (Å²) in [6, 6.07) is 17.1. The summed E-state index contributed by atoms with van der Waals surface area (Å²) < 4.78 is 5.58. The predicted octanol–water partition coefficient (Wildman–Crippen LogP) is 2.47. The van der Waals surface area contributed by atoms with Crippen LogP contribution in [-0.2, 0) is 0 Å². The molecule has 3 N–H and O–H groups in total. The summed E-state index contributed by atoms with van der Waals surface area (Å²) in [5.41, 5.74) is 6.88. The smallest absolute Gasteiger partial charge is 0.252 e. The second-order valence-electron chi connectivity index (χ2n) is 4.73. The Morgan fingerprint density at radius 2 is 1.82 bits per heavy atom. The van der Waals surface area contributed by atoms with Crippen molar-refractivity contribution in [1.82, 2.24) is 5.32 Å². The molecule has 0 aliphatic heterocycles. The first-order valence-electron chi connectivity index (χ1n) is 7.21. The van der Waals surface area contributed by atoms with E-state index >= 15 is 0 Å². The van der Waals surface area contributed by atoms with Gasteiger partial charge in [-0.1, -0.05) is 54.6 Å². The van der Waals surface area contributed by atoms with Crippen molar-refractivity contribution in [3.05, 3.63) is 71.8 Å². The molecule has 0 spiro atoms. The fourth-order valence-electron chi connectivity index (χ4n) is 1.97. The van der Waals surface area contributed by atoms with Crippen molar-refractivity contribution in [2.45, 2.75) is 0 Å². The normalized spacial score (nSPS) is 10.7. The van der Waals surface area contributed by atoms with Crippen molar-refractivity contribution in [2.24, 2.45) is 5.73 Å². The van der Waals surface area contributed by atoms with E-state index in [0.717, 1.165) is 6.54 Å². The highest BCUT2D eigenvalue weighted by atomic mass is 16.5. The van der Waals surface area contributed by atoms with Crippen LogP contribution >= 0.6 is 0 Å². The first kappa shape index (κ1) is 15.8. The molecule has 0 fully saturated rings. The molecule has 0 bridgehead atoms. The average molecular weight is 296 g/mol. The van der Waals surface area contributed by atoms with Gasteiger partial charge < -0.3 is 15.8 Å². The lowest BCUT2D eigenvalue weighted by Gasteiger charge is -2.09. The van der Waals surface area contributed by atoms with Gasteiger partial charge in [-0.3, -0.25) is 4.79 Å². The molecule has 0 unspecified atom stereocenters. The van der Waals surface area contributed by atoms with E-state index < -0.39 is 5.91 Å². The van der Waals surface area contributed by atoms with E-state index in [1.165, 1.54) is 5.56 Å². The Kier molecular flexibility index (Phi) is 6.20. The molecule has 1 amide bonds. The molecule has 0 atom stereocenters. The number of amides is 1. The number of primary amides is 1. The van der Waals surface area contributed by atoms with Crippen molar-refractivity contribution in [2.75, 3.05) is 19.7 Å². The van der Waals surface area contributed by atoms with Gasteiger partial charge in [0.05, 0.1) is 5.56 Å². The Hall–Kier alpha value is -2.59. The molecule has 2 aromatic carbocycles. The van der Waals surface area contributed by atoms with Gasteiger partial charge in [-0.2, -0.15) is 0 Å². The second kappa shape index (κ2) is 8.64. The highest BCUT2D eigenvalue weighted by molar-refractivity contribution is 5.95. The number of nitrogens with one attached hydrogen (secondary N) is 1.